The van der Waals surface area contributed by atoms with Crippen molar-refractivity contribution < 1.29 is 80.2 Å². The predicted molar refractivity (Wildman–Crippen MR) is 418 cm³/mol. The standard InChI is InChI=1S/C83H162O17P2/c1-6-9-12-15-18-20-22-24-26-28-29-30-32-36-41-45-49-54-59-64-69-83(88)100-79(73-94-81(86)67-62-57-52-47-43-39-37-33-34-38-42-46-51-55-60-65-76(4)5)75-98-102(91,92)96-71-77(84)70-95-101(89,90)97-74-78(72-93-80(85)66-61-56-50-17-14-11-8-3)99-82(87)68-63-58-53-48-44-40-35-31-27-25-23-21-19-16-13-10-7-2/h76-79,84H,6-75H2,1-5H3,(H,89,90)(H,91,92)/t77-,78+,79+/m0/s1. The average molecular weight is 1490 g/mol. The van der Waals surface area contributed by atoms with Crippen molar-refractivity contribution in [3.05, 3.63) is 0 Å². The lowest BCUT2D eigenvalue weighted by Gasteiger charge is -2.21. The molecule has 0 aromatic heterocycles. The van der Waals surface area contributed by atoms with E-state index in [0.717, 1.165) is 109 Å². The molecule has 0 aromatic rings. The number of carbonyl (C=O) groups is 4. The van der Waals surface area contributed by atoms with Gasteiger partial charge in [-0.1, -0.05) is 394 Å². The number of esters is 4. The van der Waals surface area contributed by atoms with Gasteiger partial charge in [0, 0.05) is 25.7 Å². The number of phosphoric acid groups is 2. The van der Waals surface area contributed by atoms with E-state index in [2.05, 4.69) is 34.6 Å². The van der Waals surface area contributed by atoms with Gasteiger partial charge in [0.25, 0.3) is 0 Å². The fraction of sp³-hybridized carbons (Fsp3) is 0.952. The maximum atomic E-state index is 13.1. The first kappa shape index (κ1) is 100. The number of rotatable bonds is 83. The van der Waals surface area contributed by atoms with Gasteiger partial charge in [0.1, 0.15) is 19.3 Å². The van der Waals surface area contributed by atoms with Crippen LogP contribution in [-0.4, -0.2) is 96.7 Å². The highest BCUT2D eigenvalue weighted by Gasteiger charge is 2.30. The van der Waals surface area contributed by atoms with Crippen LogP contribution in [0.2, 0.25) is 0 Å². The lowest BCUT2D eigenvalue weighted by molar-refractivity contribution is -0.161. The Hall–Kier alpha value is -1.94. The second kappa shape index (κ2) is 75.9. The number of phosphoric ester groups is 2. The molecular weight excluding hydrogens is 1330 g/mol. The molecule has 0 amide bonds. The van der Waals surface area contributed by atoms with Crippen LogP contribution < -0.4 is 0 Å². The minimum atomic E-state index is -4.96. The Morgan fingerprint density at radius 2 is 0.451 bits per heavy atom. The van der Waals surface area contributed by atoms with Crippen LogP contribution in [0.1, 0.15) is 446 Å². The summed E-state index contributed by atoms with van der Waals surface area (Å²) in [4.78, 5) is 73.0. The monoisotopic (exact) mass is 1490 g/mol. The number of carbonyl (C=O) groups excluding carboxylic acids is 4. The Balaban J connectivity index is 5.17. The molecule has 3 N–H and O–H groups in total. The van der Waals surface area contributed by atoms with Gasteiger partial charge in [0.15, 0.2) is 12.2 Å². The van der Waals surface area contributed by atoms with Crippen LogP contribution >= 0.6 is 15.6 Å². The van der Waals surface area contributed by atoms with Crippen LogP contribution in [0.4, 0.5) is 0 Å². The highest BCUT2D eigenvalue weighted by molar-refractivity contribution is 7.47. The van der Waals surface area contributed by atoms with Crippen LogP contribution in [0.25, 0.3) is 0 Å². The highest BCUT2D eigenvalue weighted by Crippen LogP contribution is 2.45. The van der Waals surface area contributed by atoms with Gasteiger partial charge < -0.3 is 33.8 Å². The van der Waals surface area contributed by atoms with Gasteiger partial charge in [-0.05, 0) is 31.6 Å². The summed E-state index contributed by atoms with van der Waals surface area (Å²) in [5, 5.41) is 10.6. The Labute approximate surface area is 626 Å². The van der Waals surface area contributed by atoms with E-state index in [-0.39, 0.29) is 25.7 Å². The molecule has 0 saturated heterocycles. The second-order valence-electron chi connectivity index (χ2n) is 30.3. The van der Waals surface area contributed by atoms with Crippen molar-refractivity contribution in [2.45, 2.75) is 464 Å². The van der Waals surface area contributed by atoms with Crippen LogP contribution in [0, 0.1) is 5.92 Å². The molecule has 606 valence electrons. The molecule has 0 heterocycles. The minimum Gasteiger partial charge on any atom is -0.462 e. The minimum absolute atomic E-state index is 0.108. The molecule has 0 saturated carbocycles. The van der Waals surface area contributed by atoms with Crippen molar-refractivity contribution in [1.29, 1.82) is 0 Å². The lowest BCUT2D eigenvalue weighted by atomic mass is 10.0. The zero-order chi connectivity index (χ0) is 74.8. The third-order valence-corrected chi connectivity index (χ3v) is 21.4. The molecule has 17 nitrogen and oxygen atoms in total. The molecule has 0 radical (unpaired) electrons. The first-order chi connectivity index (χ1) is 49.5. The first-order valence-corrected chi connectivity index (χ1v) is 46.1. The Morgan fingerprint density at radius 1 is 0.265 bits per heavy atom. The lowest BCUT2D eigenvalue weighted by Crippen LogP contribution is -2.30. The molecule has 19 heteroatoms. The summed E-state index contributed by atoms with van der Waals surface area (Å²) in [6.07, 6.45) is 68.2. The fourth-order valence-electron chi connectivity index (χ4n) is 12.9. The average Bonchev–Trinajstić information content (AvgIpc) is 0.926. The van der Waals surface area contributed by atoms with Gasteiger partial charge in [-0.3, -0.25) is 37.3 Å². The Kier molecular flexibility index (Phi) is 74.4. The largest absolute Gasteiger partial charge is 0.472 e. The van der Waals surface area contributed by atoms with Gasteiger partial charge in [0.2, 0.25) is 0 Å². The zero-order valence-electron chi connectivity index (χ0n) is 66.8. The molecule has 0 aliphatic rings. The van der Waals surface area contributed by atoms with Crippen LogP contribution in [0.3, 0.4) is 0 Å². The number of hydrogen-bond acceptors (Lipinski definition) is 15. The van der Waals surface area contributed by atoms with E-state index in [1.54, 1.807) is 0 Å². The number of ether oxygens (including phenoxy) is 4. The van der Waals surface area contributed by atoms with Crippen LogP contribution in [0.15, 0.2) is 0 Å². The van der Waals surface area contributed by atoms with E-state index >= 15 is 0 Å². The molecule has 0 spiro atoms. The summed E-state index contributed by atoms with van der Waals surface area (Å²) in [5.41, 5.74) is 0. The fourth-order valence-corrected chi connectivity index (χ4v) is 14.5. The van der Waals surface area contributed by atoms with Gasteiger partial charge >= 0.3 is 39.5 Å². The summed E-state index contributed by atoms with van der Waals surface area (Å²) >= 11 is 0. The maximum Gasteiger partial charge on any atom is 0.472 e. The SMILES string of the molecule is CCCCCCCCCCCCCCCCCCCCCCC(=O)O[C@H](COC(=O)CCCCCCCCCCCCCCCCCC(C)C)COP(=O)(O)OC[C@@H](O)COP(=O)(O)OC[C@@H](COC(=O)CCCCCCCCC)OC(=O)CCCCCCCCCCCCCCCCCCC. The van der Waals surface area contributed by atoms with Crippen LogP contribution in [0.5, 0.6) is 0 Å². The van der Waals surface area contributed by atoms with E-state index in [9.17, 15) is 43.2 Å². The molecule has 0 bridgehead atoms. The van der Waals surface area contributed by atoms with Crippen molar-refractivity contribution in [3.8, 4) is 0 Å². The molecule has 0 fully saturated rings. The maximum absolute atomic E-state index is 13.1. The number of aliphatic hydroxyl groups is 1. The molecule has 102 heavy (non-hydrogen) atoms. The summed E-state index contributed by atoms with van der Waals surface area (Å²) in [5.74, 6) is -1.30. The molecule has 0 aromatic carbocycles. The van der Waals surface area contributed by atoms with E-state index in [1.165, 1.54) is 257 Å². The van der Waals surface area contributed by atoms with E-state index < -0.39 is 97.5 Å². The van der Waals surface area contributed by atoms with Crippen molar-refractivity contribution in [1.82, 2.24) is 0 Å². The quantitative estimate of drug-likeness (QED) is 0.0222. The number of aliphatic hydroxyl groups excluding tert-OH is 1. The second-order valence-corrected chi connectivity index (χ2v) is 33.3. The first-order valence-electron chi connectivity index (χ1n) is 43.1. The van der Waals surface area contributed by atoms with Crippen molar-refractivity contribution in [3.63, 3.8) is 0 Å². The summed E-state index contributed by atoms with van der Waals surface area (Å²) in [6, 6.07) is 0. The van der Waals surface area contributed by atoms with Gasteiger partial charge in [-0.25, -0.2) is 9.13 Å². The van der Waals surface area contributed by atoms with E-state index in [0.29, 0.717) is 25.7 Å². The normalized spacial score (nSPS) is 13.8. The zero-order valence-corrected chi connectivity index (χ0v) is 68.5. The van der Waals surface area contributed by atoms with E-state index in [1.807, 2.05) is 0 Å². The number of unbranched alkanes of at least 4 members (excludes halogenated alkanes) is 55. The Morgan fingerprint density at radius 3 is 0.667 bits per heavy atom. The molecule has 0 rings (SSSR count). The summed E-state index contributed by atoms with van der Waals surface area (Å²) in [7, 11) is -9.92. The van der Waals surface area contributed by atoms with Gasteiger partial charge in [-0.15, -0.1) is 0 Å². The molecule has 0 aliphatic carbocycles. The highest BCUT2D eigenvalue weighted by atomic mass is 31.2. The van der Waals surface area contributed by atoms with Gasteiger partial charge in [0.05, 0.1) is 26.4 Å². The number of hydrogen-bond donors (Lipinski definition) is 3. The van der Waals surface area contributed by atoms with Gasteiger partial charge in [-0.2, -0.15) is 0 Å². The third kappa shape index (κ3) is 76.3. The summed E-state index contributed by atoms with van der Waals surface area (Å²) in [6.45, 7) is 7.33. The third-order valence-electron chi connectivity index (χ3n) is 19.5. The van der Waals surface area contributed by atoms with Crippen LogP contribution in [-0.2, 0) is 65.4 Å². The van der Waals surface area contributed by atoms with Crippen molar-refractivity contribution >= 4 is 39.5 Å². The molecule has 0 aliphatic heterocycles. The molecule has 2 unspecified atom stereocenters. The molecule has 5 atom stereocenters. The Bertz CT molecular complexity index is 1940. The predicted octanol–water partition coefficient (Wildman–Crippen LogP) is 25.2. The smallest absolute Gasteiger partial charge is 0.462 e. The van der Waals surface area contributed by atoms with Crippen molar-refractivity contribution in [2.24, 2.45) is 5.92 Å². The molecular formula is C83H162O17P2. The van der Waals surface area contributed by atoms with E-state index in [4.69, 9.17) is 37.0 Å². The topological polar surface area (TPSA) is 237 Å². The summed E-state index contributed by atoms with van der Waals surface area (Å²) < 4.78 is 68.7. The van der Waals surface area contributed by atoms with Crippen molar-refractivity contribution in [2.75, 3.05) is 39.6 Å².